The number of amides is 1. The molecule has 4 nitrogen and oxygen atoms in total. The molecule has 0 aromatic heterocycles. The molecule has 0 radical (unpaired) electrons. The van der Waals surface area contributed by atoms with Crippen molar-refractivity contribution < 1.29 is 9.59 Å². The Morgan fingerprint density at radius 1 is 1.41 bits per heavy atom. The summed E-state index contributed by atoms with van der Waals surface area (Å²) in [6, 6.07) is 0.563. The second kappa shape index (κ2) is 6.74. The molecule has 1 aliphatic rings. The van der Waals surface area contributed by atoms with Gasteiger partial charge in [0.1, 0.15) is 5.78 Å². The molecule has 17 heavy (non-hydrogen) atoms. The molecule has 1 N–H and O–H groups in total. The van der Waals surface area contributed by atoms with Crippen LogP contribution in [0.1, 0.15) is 46.5 Å². The van der Waals surface area contributed by atoms with Crippen molar-refractivity contribution in [3.8, 4) is 0 Å². The Balaban J connectivity index is 2.30. The van der Waals surface area contributed by atoms with Crippen molar-refractivity contribution in [2.45, 2.75) is 58.5 Å². The Hall–Kier alpha value is -0.900. The Morgan fingerprint density at radius 3 is 2.71 bits per heavy atom. The summed E-state index contributed by atoms with van der Waals surface area (Å²) in [6.07, 6.45) is 3.40. The molecule has 0 aromatic carbocycles. The number of likely N-dealkylation sites (tertiary alicyclic amines) is 1. The van der Waals surface area contributed by atoms with Crippen LogP contribution in [0.15, 0.2) is 0 Å². The third-order valence-electron chi connectivity index (χ3n) is 3.10. The van der Waals surface area contributed by atoms with E-state index in [2.05, 4.69) is 10.2 Å². The van der Waals surface area contributed by atoms with E-state index in [4.69, 9.17) is 0 Å². The van der Waals surface area contributed by atoms with Crippen molar-refractivity contribution in [1.82, 2.24) is 10.2 Å². The average Bonchev–Trinajstić information content (AvgIpc) is 2.60. The van der Waals surface area contributed by atoms with Crippen molar-refractivity contribution >= 4 is 11.7 Å². The van der Waals surface area contributed by atoms with E-state index in [1.54, 1.807) is 6.92 Å². The van der Waals surface area contributed by atoms with Crippen LogP contribution in [0.3, 0.4) is 0 Å². The van der Waals surface area contributed by atoms with E-state index in [1.807, 2.05) is 13.8 Å². The first-order chi connectivity index (χ1) is 7.99. The van der Waals surface area contributed by atoms with E-state index in [0.29, 0.717) is 18.9 Å². The molecule has 98 valence electrons. The van der Waals surface area contributed by atoms with Gasteiger partial charge in [0, 0.05) is 31.5 Å². The minimum Gasteiger partial charge on any atom is -0.354 e. The maximum absolute atomic E-state index is 11.5. The zero-order valence-electron chi connectivity index (χ0n) is 11.2. The van der Waals surface area contributed by atoms with E-state index in [0.717, 1.165) is 25.9 Å². The monoisotopic (exact) mass is 240 g/mol. The van der Waals surface area contributed by atoms with Crippen LogP contribution in [0.4, 0.5) is 0 Å². The molecule has 1 rings (SSSR count). The maximum Gasteiger partial charge on any atom is 0.221 e. The van der Waals surface area contributed by atoms with Crippen molar-refractivity contribution in [2.24, 2.45) is 0 Å². The summed E-state index contributed by atoms with van der Waals surface area (Å²) in [6.45, 7) is 7.37. The van der Waals surface area contributed by atoms with Crippen molar-refractivity contribution in [3.05, 3.63) is 0 Å². The standard InChI is InChI=1S/C13H24N2O2/c1-10(2)14-13(17)6-8-15-7-4-5-12(15)9-11(3)16/h10,12H,4-9H2,1-3H3,(H,14,17). The Morgan fingerprint density at radius 2 is 2.12 bits per heavy atom. The van der Waals surface area contributed by atoms with Gasteiger partial charge >= 0.3 is 0 Å². The van der Waals surface area contributed by atoms with Gasteiger partial charge in [0.15, 0.2) is 0 Å². The van der Waals surface area contributed by atoms with Crippen LogP contribution >= 0.6 is 0 Å². The summed E-state index contributed by atoms with van der Waals surface area (Å²) in [5.74, 6) is 0.349. The molecule has 1 amide bonds. The number of Topliss-reactive ketones (excluding diaryl/α,β-unsaturated/α-hetero) is 1. The van der Waals surface area contributed by atoms with E-state index in [1.165, 1.54) is 0 Å². The summed E-state index contributed by atoms with van der Waals surface area (Å²) in [7, 11) is 0. The molecule has 1 fully saturated rings. The summed E-state index contributed by atoms with van der Waals surface area (Å²) in [5.41, 5.74) is 0. The van der Waals surface area contributed by atoms with E-state index >= 15 is 0 Å². The first-order valence-corrected chi connectivity index (χ1v) is 6.52. The Bertz CT molecular complexity index is 277. The fourth-order valence-electron chi connectivity index (χ4n) is 2.39. The Labute approximate surface area is 104 Å². The van der Waals surface area contributed by atoms with Gasteiger partial charge in [-0.25, -0.2) is 0 Å². The van der Waals surface area contributed by atoms with Crippen LogP contribution in [0, 0.1) is 0 Å². The Kier molecular flexibility index (Phi) is 5.62. The SMILES string of the molecule is CC(=O)CC1CCCN1CCC(=O)NC(C)C. The van der Waals surface area contributed by atoms with Crippen molar-refractivity contribution in [3.63, 3.8) is 0 Å². The van der Waals surface area contributed by atoms with Gasteiger partial charge in [0.25, 0.3) is 0 Å². The minimum atomic E-state index is 0.105. The maximum atomic E-state index is 11.5. The number of carbonyl (C=O) groups is 2. The topological polar surface area (TPSA) is 49.4 Å². The smallest absolute Gasteiger partial charge is 0.221 e. The highest BCUT2D eigenvalue weighted by Crippen LogP contribution is 2.20. The summed E-state index contributed by atoms with van der Waals surface area (Å²) in [4.78, 5) is 24.9. The highest BCUT2D eigenvalue weighted by Gasteiger charge is 2.25. The lowest BCUT2D eigenvalue weighted by Crippen LogP contribution is -2.36. The summed E-state index contributed by atoms with van der Waals surface area (Å²) < 4.78 is 0. The lowest BCUT2D eigenvalue weighted by Gasteiger charge is -2.23. The van der Waals surface area contributed by atoms with Crippen LogP contribution in [0.2, 0.25) is 0 Å². The lowest BCUT2D eigenvalue weighted by molar-refractivity contribution is -0.121. The number of nitrogens with one attached hydrogen (secondary N) is 1. The molecular formula is C13H24N2O2. The lowest BCUT2D eigenvalue weighted by atomic mass is 10.1. The van der Waals surface area contributed by atoms with Crippen LogP contribution in [-0.4, -0.2) is 41.8 Å². The van der Waals surface area contributed by atoms with Gasteiger partial charge in [-0.05, 0) is 40.2 Å². The summed E-state index contributed by atoms with van der Waals surface area (Å²) in [5, 5.41) is 2.89. The minimum absolute atomic E-state index is 0.105. The van der Waals surface area contributed by atoms with Gasteiger partial charge in [0.2, 0.25) is 5.91 Å². The van der Waals surface area contributed by atoms with Crippen LogP contribution in [0.25, 0.3) is 0 Å². The number of hydrogen-bond donors (Lipinski definition) is 1. The molecule has 1 atom stereocenters. The van der Waals surface area contributed by atoms with Gasteiger partial charge in [-0.15, -0.1) is 0 Å². The molecule has 1 saturated heterocycles. The highest BCUT2D eigenvalue weighted by molar-refractivity contribution is 5.77. The summed E-state index contributed by atoms with van der Waals surface area (Å²) >= 11 is 0. The van der Waals surface area contributed by atoms with Crippen molar-refractivity contribution in [2.75, 3.05) is 13.1 Å². The second-order valence-corrected chi connectivity index (χ2v) is 5.21. The van der Waals surface area contributed by atoms with Crippen molar-refractivity contribution in [1.29, 1.82) is 0 Å². The fourth-order valence-corrected chi connectivity index (χ4v) is 2.39. The number of carbonyl (C=O) groups excluding carboxylic acids is 2. The van der Waals surface area contributed by atoms with Gasteiger partial charge in [-0.2, -0.15) is 0 Å². The van der Waals surface area contributed by atoms with Gasteiger partial charge < -0.3 is 5.32 Å². The van der Waals surface area contributed by atoms with E-state index in [-0.39, 0.29) is 17.7 Å². The second-order valence-electron chi connectivity index (χ2n) is 5.21. The van der Waals surface area contributed by atoms with Gasteiger partial charge in [-0.3, -0.25) is 14.5 Å². The fraction of sp³-hybridized carbons (Fsp3) is 0.846. The molecule has 4 heteroatoms. The molecule has 0 spiro atoms. The first-order valence-electron chi connectivity index (χ1n) is 6.52. The number of ketones is 1. The number of nitrogens with zero attached hydrogens (tertiary/aromatic N) is 1. The van der Waals surface area contributed by atoms with Gasteiger partial charge in [0.05, 0.1) is 0 Å². The zero-order chi connectivity index (χ0) is 12.8. The molecular weight excluding hydrogens is 216 g/mol. The molecule has 0 aromatic rings. The largest absolute Gasteiger partial charge is 0.354 e. The van der Waals surface area contributed by atoms with Gasteiger partial charge in [-0.1, -0.05) is 0 Å². The normalized spacial score (nSPS) is 20.8. The molecule has 1 aliphatic heterocycles. The highest BCUT2D eigenvalue weighted by atomic mass is 16.1. The quantitative estimate of drug-likeness (QED) is 0.762. The molecule has 0 aliphatic carbocycles. The third-order valence-corrected chi connectivity index (χ3v) is 3.10. The van der Waals surface area contributed by atoms with E-state index in [9.17, 15) is 9.59 Å². The molecule has 1 heterocycles. The zero-order valence-corrected chi connectivity index (χ0v) is 11.2. The number of hydrogen-bond acceptors (Lipinski definition) is 3. The van der Waals surface area contributed by atoms with E-state index < -0.39 is 0 Å². The molecule has 1 unspecified atom stereocenters. The average molecular weight is 240 g/mol. The molecule has 0 bridgehead atoms. The number of rotatable bonds is 6. The van der Waals surface area contributed by atoms with Crippen LogP contribution in [0.5, 0.6) is 0 Å². The first kappa shape index (κ1) is 14.2. The van der Waals surface area contributed by atoms with Crippen LogP contribution in [-0.2, 0) is 9.59 Å². The van der Waals surface area contributed by atoms with Crippen LogP contribution < -0.4 is 5.32 Å². The molecule has 0 saturated carbocycles. The predicted octanol–water partition coefficient (Wildman–Crippen LogP) is 1.34. The third kappa shape index (κ3) is 5.31. The predicted molar refractivity (Wildman–Crippen MR) is 67.8 cm³/mol.